The monoisotopic (exact) mass is 462 g/mol. The van der Waals surface area contributed by atoms with Gasteiger partial charge in [0.2, 0.25) is 5.78 Å². The highest BCUT2D eigenvalue weighted by Gasteiger charge is 2.63. The normalized spacial score (nSPS) is 45.5. The molecule has 0 aromatic rings. The van der Waals surface area contributed by atoms with Crippen LogP contribution in [-0.2, 0) is 23.8 Å². The Morgan fingerprint density at radius 2 is 1.67 bits per heavy atom. The van der Waals surface area contributed by atoms with Gasteiger partial charge in [0.05, 0.1) is 13.2 Å². The summed E-state index contributed by atoms with van der Waals surface area (Å²) in [7, 11) is 3.02. The minimum absolute atomic E-state index is 0.198. The number of Topliss-reactive ketones (excluding diaryl/α,β-unsaturated/α-hetero) is 1. The van der Waals surface area contributed by atoms with Gasteiger partial charge < -0.3 is 14.2 Å². The molecule has 33 heavy (non-hydrogen) atoms. The molecule has 188 valence electrons. The summed E-state index contributed by atoms with van der Waals surface area (Å²) in [4.78, 5) is 24.1. The molecule has 0 saturated heterocycles. The van der Waals surface area contributed by atoms with Gasteiger partial charge in [-0.2, -0.15) is 0 Å². The Hall–Kier alpha value is -0.940. The Bertz CT molecular complexity index is 736. The minimum Gasteiger partial charge on any atom is -0.463 e. The molecule has 0 aromatic heterocycles. The van der Waals surface area contributed by atoms with Gasteiger partial charge in [0.1, 0.15) is 6.79 Å². The molecule has 0 aliphatic heterocycles. The van der Waals surface area contributed by atoms with Gasteiger partial charge >= 0.3 is 5.97 Å². The summed E-state index contributed by atoms with van der Waals surface area (Å²) in [5.41, 5.74) is 0.632. The molecule has 0 aromatic carbocycles. The van der Waals surface area contributed by atoms with E-state index in [-0.39, 0.29) is 23.2 Å². The number of ether oxygens (including phenoxy) is 3. The van der Waals surface area contributed by atoms with E-state index in [0.29, 0.717) is 36.4 Å². The number of hydrogen-bond acceptors (Lipinski definition) is 5. The third kappa shape index (κ3) is 4.30. The minimum atomic E-state index is -0.698. The molecule has 10 atom stereocenters. The molecule has 4 aliphatic carbocycles. The fourth-order valence-electron chi connectivity index (χ4n) is 9.35. The van der Waals surface area contributed by atoms with Crippen molar-refractivity contribution in [1.82, 2.24) is 0 Å². The summed E-state index contributed by atoms with van der Waals surface area (Å²) in [6, 6.07) is 0. The van der Waals surface area contributed by atoms with E-state index in [0.717, 1.165) is 24.2 Å². The molecule has 0 spiro atoms. The predicted molar refractivity (Wildman–Crippen MR) is 127 cm³/mol. The molecule has 0 heterocycles. The lowest BCUT2D eigenvalue weighted by Gasteiger charge is -2.63. The van der Waals surface area contributed by atoms with Gasteiger partial charge in [-0.3, -0.25) is 4.79 Å². The molecular weight excluding hydrogens is 416 g/mol. The van der Waals surface area contributed by atoms with Crippen LogP contribution in [0.2, 0.25) is 0 Å². The van der Waals surface area contributed by atoms with Crippen molar-refractivity contribution >= 4 is 11.8 Å². The van der Waals surface area contributed by atoms with Crippen molar-refractivity contribution < 1.29 is 23.8 Å². The molecule has 0 amide bonds. The van der Waals surface area contributed by atoms with Gasteiger partial charge in [0.15, 0.2) is 0 Å². The zero-order valence-corrected chi connectivity index (χ0v) is 21.7. The maximum atomic E-state index is 12.3. The van der Waals surface area contributed by atoms with Crippen molar-refractivity contribution in [2.75, 3.05) is 21.0 Å². The van der Waals surface area contributed by atoms with Crippen molar-refractivity contribution in [2.45, 2.75) is 91.6 Å². The average Bonchev–Trinajstić information content (AvgIpc) is 3.14. The highest BCUT2D eigenvalue weighted by molar-refractivity contribution is 6.33. The summed E-state index contributed by atoms with van der Waals surface area (Å²) in [5, 5.41) is 0. The van der Waals surface area contributed by atoms with E-state index in [4.69, 9.17) is 9.47 Å². The summed E-state index contributed by atoms with van der Waals surface area (Å²) >= 11 is 0. The van der Waals surface area contributed by atoms with Gasteiger partial charge in [0.25, 0.3) is 0 Å². The van der Waals surface area contributed by atoms with E-state index in [1.165, 1.54) is 52.1 Å². The quantitative estimate of drug-likeness (QED) is 0.278. The lowest BCUT2D eigenvalue weighted by Crippen LogP contribution is -2.58. The molecule has 4 fully saturated rings. The average molecular weight is 463 g/mol. The Morgan fingerprint density at radius 1 is 0.970 bits per heavy atom. The number of methoxy groups -OCH3 is 2. The number of ketones is 1. The lowest BCUT2D eigenvalue weighted by atomic mass is 9.43. The van der Waals surface area contributed by atoms with Crippen LogP contribution in [0.15, 0.2) is 0 Å². The molecule has 0 radical (unpaired) electrons. The smallest absolute Gasteiger partial charge is 0.374 e. The Kier molecular flexibility index (Phi) is 7.32. The van der Waals surface area contributed by atoms with Gasteiger partial charge in [-0.25, -0.2) is 4.79 Å². The zero-order chi connectivity index (χ0) is 24.0. The van der Waals surface area contributed by atoms with Crippen LogP contribution in [0.4, 0.5) is 0 Å². The van der Waals surface area contributed by atoms with Crippen LogP contribution in [-0.4, -0.2) is 38.9 Å². The van der Waals surface area contributed by atoms with Crippen LogP contribution >= 0.6 is 0 Å². The molecule has 0 bridgehead atoms. The van der Waals surface area contributed by atoms with E-state index in [1.54, 1.807) is 7.11 Å². The first kappa shape index (κ1) is 25.2. The molecular formula is C28H46O5. The van der Waals surface area contributed by atoms with Crippen LogP contribution in [0.1, 0.15) is 85.5 Å². The second kappa shape index (κ2) is 9.60. The molecule has 4 aliphatic rings. The summed E-state index contributed by atoms with van der Waals surface area (Å²) in [6.45, 7) is 10.1. The first-order valence-corrected chi connectivity index (χ1v) is 13.4. The second-order valence-corrected chi connectivity index (χ2v) is 12.5. The maximum absolute atomic E-state index is 12.3. The number of hydrogen-bond donors (Lipinski definition) is 0. The lowest BCUT2D eigenvalue weighted by molar-refractivity contribution is -0.204. The summed E-state index contributed by atoms with van der Waals surface area (Å²) in [5.74, 6) is 3.07. The SMILES string of the molecule is COCOC1C[C@@H]2C[C@H](C)CC[C@]2(C)C2CC[C@]3(C)[C@@H]([C@H](C)CC(=O)C(=O)OC)CC[C@H]3C12. The second-order valence-electron chi connectivity index (χ2n) is 12.5. The highest BCUT2D eigenvalue weighted by Crippen LogP contribution is 2.69. The van der Waals surface area contributed by atoms with Gasteiger partial charge in [-0.1, -0.05) is 34.1 Å². The largest absolute Gasteiger partial charge is 0.463 e. The topological polar surface area (TPSA) is 61.8 Å². The Balaban J connectivity index is 1.58. The third-order valence-electron chi connectivity index (χ3n) is 11.0. The summed E-state index contributed by atoms with van der Waals surface area (Å²) in [6.07, 6.45) is 10.6. The van der Waals surface area contributed by atoms with Crippen LogP contribution in [0, 0.1) is 52.3 Å². The zero-order valence-electron chi connectivity index (χ0n) is 21.7. The Labute approximate surface area is 200 Å². The van der Waals surface area contributed by atoms with E-state index in [1.807, 2.05) is 0 Å². The van der Waals surface area contributed by atoms with Crippen molar-refractivity contribution in [3.05, 3.63) is 0 Å². The van der Waals surface area contributed by atoms with Gasteiger partial charge in [0, 0.05) is 13.5 Å². The summed E-state index contributed by atoms with van der Waals surface area (Å²) < 4.78 is 16.5. The molecule has 4 rings (SSSR count). The standard InChI is InChI=1S/C28H46O5/c1-17-9-11-27(3)19(13-17)15-24(33-16-31-5)25-21-8-7-20(28(21,4)12-10-22(25)27)18(2)14-23(29)26(30)32-6/h17-22,24-25H,7-16H2,1-6H3/t17-,18-,19+,20-,21+,22?,24?,25?,27+,28-/m1/s1. The van der Waals surface area contributed by atoms with Gasteiger partial charge in [-0.15, -0.1) is 0 Å². The van der Waals surface area contributed by atoms with Crippen molar-refractivity contribution in [1.29, 1.82) is 0 Å². The third-order valence-corrected chi connectivity index (χ3v) is 11.0. The fraction of sp³-hybridized carbons (Fsp3) is 0.929. The number of carbonyl (C=O) groups excluding carboxylic acids is 2. The van der Waals surface area contributed by atoms with E-state index in [9.17, 15) is 9.59 Å². The van der Waals surface area contributed by atoms with Crippen LogP contribution < -0.4 is 0 Å². The first-order valence-electron chi connectivity index (χ1n) is 13.4. The van der Waals surface area contributed by atoms with Crippen molar-refractivity contribution in [3.63, 3.8) is 0 Å². The van der Waals surface area contributed by atoms with E-state index < -0.39 is 5.97 Å². The highest BCUT2D eigenvalue weighted by atomic mass is 16.7. The van der Waals surface area contributed by atoms with Crippen LogP contribution in [0.5, 0.6) is 0 Å². The first-order chi connectivity index (χ1) is 15.7. The molecule has 3 unspecified atom stereocenters. The Morgan fingerprint density at radius 3 is 2.36 bits per heavy atom. The number of fused-ring (bicyclic) bond motifs is 5. The molecule has 4 saturated carbocycles. The molecule has 5 nitrogen and oxygen atoms in total. The maximum Gasteiger partial charge on any atom is 0.374 e. The van der Waals surface area contributed by atoms with Crippen LogP contribution in [0.25, 0.3) is 0 Å². The number of rotatable bonds is 7. The van der Waals surface area contributed by atoms with Gasteiger partial charge in [-0.05, 0) is 97.2 Å². The predicted octanol–water partition coefficient (Wildman–Crippen LogP) is 5.65. The van der Waals surface area contributed by atoms with E-state index >= 15 is 0 Å². The fourth-order valence-corrected chi connectivity index (χ4v) is 9.35. The number of esters is 1. The van der Waals surface area contributed by atoms with Crippen molar-refractivity contribution in [3.8, 4) is 0 Å². The van der Waals surface area contributed by atoms with E-state index in [2.05, 4.69) is 32.4 Å². The van der Waals surface area contributed by atoms with Crippen molar-refractivity contribution in [2.24, 2.45) is 52.3 Å². The number of carbonyl (C=O) groups is 2. The van der Waals surface area contributed by atoms with Crippen LogP contribution in [0.3, 0.4) is 0 Å². The molecule has 0 N–H and O–H groups in total. The molecule has 5 heteroatoms.